The molecule has 3 aromatic heterocycles. The van der Waals surface area contributed by atoms with E-state index in [1.165, 1.54) is 0 Å². The highest BCUT2D eigenvalue weighted by Crippen LogP contribution is 2.35. The highest BCUT2D eigenvalue weighted by Gasteiger charge is 2.23. The lowest BCUT2D eigenvalue weighted by Crippen LogP contribution is -2.17. The number of imidazole rings is 1. The predicted octanol–water partition coefficient (Wildman–Crippen LogP) is 5.95. The van der Waals surface area contributed by atoms with Gasteiger partial charge in [-0.25, -0.2) is 14.8 Å². The number of anilines is 1. The Hall–Kier alpha value is -4.70. The lowest BCUT2D eigenvalue weighted by molar-refractivity contribution is -0.136. The van der Waals surface area contributed by atoms with Crippen LogP contribution in [0.5, 0.6) is 0 Å². The summed E-state index contributed by atoms with van der Waals surface area (Å²) < 4.78 is 12.9. The highest BCUT2D eigenvalue weighted by atomic mass is 35.5. The van der Waals surface area contributed by atoms with Crippen LogP contribution in [0, 0.1) is 6.92 Å². The summed E-state index contributed by atoms with van der Waals surface area (Å²) in [5.74, 6) is -0.0232. The quantitative estimate of drug-likeness (QED) is 0.263. The Labute approximate surface area is 221 Å². The van der Waals surface area contributed by atoms with Crippen LogP contribution < -0.4 is 5.32 Å². The average Bonchev–Trinajstić information content (AvgIpc) is 3.51. The van der Waals surface area contributed by atoms with Crippen LogP contribution in [-0.4, -0.2) is 36.7 Å². The number of nitrogens with zero attached hydrogens (tertiary/aromatic N) is 4. The summed E-state index contributed by atoms with van der Waals surface area (Å²) in [6.45, 7) is 3.43. The van der Waals surface area contributed by atoms with E-state index >= 15 is 0 Å². The zero-order chi connectivity index (χ0) is 26.8. The second-order valence-corrected chi connectivity index (χ2v) is 8.96. The molecule has 11 heteroatoms. The summed E-state index contributed by atoms with van der Waals surface area (Å²) >= 11 is 6.23. The van der Waals surface area contributed by atoms with Crippen molar-refractivity contribution in [3.05, 3.63) is 89.0 Å². The number of fused-ring (bicyclic) bond motifs is 1. The van der Waals surface area contributed by atoms with Gasteiger partial charge in [-0.2, -0.15) is 0 Å². The Morgan fingerprint density at radius 3 is 2.66 bits per heavy atom. The first-order valence-corrected chi connectivity index (χ1v) is 12.0. The van der Waals surface area contributed by atoms with E-state index < -0.39 is 18.2 Å². The molecule has 0 aliphatic heterocycles. The number of ether oxygens (including phenoxy) is 1. The van der Waals surface area contributed by atoms with Crippen LogP contribution in [0.4, 0.5) is 10.5 Å². The first kappa shape index (κ1) is 25.0. The van der Waals surface area contributed by atoms with E-state index in [-0.39, 0.29) is 12.2 Å². The molecular formula is C27H22ClN5O5. The van der Waals surface area contributed by atoms with Gasteiger partial charge in [0.15, 0.2) is 11.4 Å². The minimum absolute atomic E-state index is 0.0621. The molecule has 0 aliphatic rings. The van der Waals surface area contributed by atoms with Crippen molar-refractivity contribution in [2.45, 2.75) is 26.4 Å². The maximum Gasteiger partial charge on any atom is 0.412 e. The molecule has 2 N–H and O–H groups in total. The molecular weight excluding hydrogens is 510 g/mol. The number of carboxylic acids is 1. The summed E-state index contributed by atoms with van der Waals surface area (Å²) in [6.07, 6.45) is 3.62. The summed E-state index contributed by atoms with van der Waals surface area (Å²) in [5, 5.41) is 16.3. The Morgan fingerprint density at radius 1 is 1.16 bits per heavy atom. The molecule has 38 heavy (non-hydrogen) atoms. The predicted molar refractivity (Wildman–Crippen MR) is 140 cm³/mol. The number of hydrogen-bond donors (Lipinski definition) is 2. The number of carboxylic acid groups (broad SMARTS) is 1. The number of nitrogens with one attached hydrogen (secondary N) is 1. The molecule has 0 spiro atoms. The van der Waals surface area contributed by atoms with Gasteiger partial charge in [-0.05, 0) is 25.5 Å². The van der Waals surface area contributed by atoms with Crippen molar-refractivity contribution in [2.75, 3.05) is 5.32 Å². The van der Waals surface area contributed by atoms with Crippen molar-refractivity contribution in [1.82, 2.24) is 19.5 Å². The largest absolute Gasteiger partial charge is 0.481 e. The zero-order valence-electron chi connectivity index (χ0n) is 20.4. The molecule has 3 heterocycles. The number of carbonyl (C=O) groups is 2. The first-order chi connectivity index (χ1) is 18.3. The molecule has 1 unspecified atom stereocenters. The first-order valence-electron chi connectivity index (χ1n) is 11.6. The third-order valence-corrected chi connectivity index (χ3v) is 6.30. The van der Waals surface area contributed by atoms with Crippen molar-refractivity contribution in [3.63, 3.8) is 0 Å². The van der Waals surface area contributed by atoms with E-state index in [0.29, 0.717) is 44.6 Å². The number of benzene rings is 2. The van der Waals surface area contributed by atoms with Gasteiger partial charge in [0.25, 0.3) is 0 Å². The molecule has 0 aliphatic carbocycles. The third-order valence-electron chi connectivity index (χ3n) is 5.95. The third kappa shape index (κ3) is 4.94. The molecule has 0 fully saturated rings. The van der Waals surface area contributed by atoms with Crippen molar-refractivity contribution in [1.29, 1.82) is 0 Å². The van der Waals surface area contributed by atoms with Gasteiger partial charge >= 0.3 is 12.1 Å². The minimum Gasteiger partial charge on any atom is -0.481 e. The van der Waals surface area contributed by atoms with Crippen molar-refractivity contribution in [2.24, 2.45) is 0 Å². The van der Waals surface area contributed by atoms with Gasteiger partial charge in [0.05, 0.1) is 12.0 Å². The number of rotatable bonds is 7. The molecule has 0 saturated heterocycles. The van der Waals surface area contributed by atoms with Crippen LogP contribution in [0.2, 0.25) is 5.02 Å². The molecule has 1 amide bonds. The standard InChI is InChI=1S/C27H22ClN5O5/c1-15-23(31-27(36)37-16(2)19-5-3-4-6-21(19)28)24(38-32-15)20-14-30-25(33-12-11-29-26(20)33)18-9-7-17(8-10-18)13-22(34)35/h3-12,14,16H,13H2,1-2H3,(H,31,36)(H,34,35). The Morgan fingerprint density at radius 2 is 1.92 bits per heavy atom. The fourth-order valence-corrected chi connectivity index (χ4v) is 4.39. The van der Waals surface area contributed by atoms with Gasteiger partial charge in [-0.1, -0.05) is 59.2 Å². The normalized spacial score (nSPS) is 11.9. The van der Waals surface area contributed by atoms with Crippen LogP contribution in [-0.2, 0) is 16.0 Å². The molecule has 2 aromatic carbocycles. The van der Waals surface area contributed by atoms with E-state index in [0.717, 1.165) is 5.56 Å². The average molecular weight is 532 g/mol. The monoisotopic (exact) mass is 531 g/mol. The lowest BCUT2D eigenvalue weighted by Gasteiger charge is -2.15. The maximum atomic E-state index is 12.8. The fourth-order valence-electron chi connectivity index (χ4n) is 4.10. The number of halogens is 1. The Bertz CT molecular complexity index is 1640. The van der Waals surface area contributed by atoms with Gasteiger partial charge in [-0.3, -0.25) is 14.5 Å². The summed E-state index contributed by atoms with van der Waals surface area (Å²) in [7, 11) is 0. The topological polar surface area (TPSA) is 132 Å². The van der Waals surface area contributed by atoms with Crippen LogP contribution >= 0.6 is 11.6 Å². The highest BCUT2D eigenvalue weighted by molar-refractivity contribution is 6.31. The molecule has 5 rings (SSSR count). The van der Waals surface area contributed by atoms with E-state index in [2.05, 4.69) is 20.4 Å². The molecule has 0 saturated carbocycles. The van der Waals surface area contributed by atoms with Crippen LogP contribution in [0.1, 0.15) is 29.8 Å². The number of amides is 1. The maximum absolute atomic E-state index is 12.8. The molecule has 0 bridgehead atoms. The lowest BCUT2D eigenvalue weighted by atomic mass is 10.1. The van der Waals surface area contributed by atoms with Crippen LogP contribution in [0.3, 0.4) is 0 Å². The summed E-state index contributed by atoms with van der Waals surface area (Å²) in [4.78, 5) is 32.8. The van der Waals surface area contributed by atoms with Gasteiger partial charge < -0.3 is 14.4 Å². The van der Waals surface area contributed by atoms with E-state index in [4.69, 9.17) is 26.0 Å². The second-order valence-electron chi connectivity index (χ2n) is 8.55. The summed E-state index contributed by atoms with van der Waals surface area (Å²) in [5.41, 5.74) is 3.96. The smallest absolute Gasteiger partial charge is 0.412 e. The molecule has 10 nitrogen and oxygen atoms in total. The molecule has 0 radical (unpaired) electrons. The van der Waals surface area contributed by atoms with E-state index in [1.54, 1.807) is 67.2 Å². The molecule has 1 atom stereocenters. The van der Waals surface area contributed by atoms with Gasteiger partial charge in [0.1, 0.15) is 23.3 Å². The SMILES string of the molecule is Cc1noc(-c2cnc(-c3ccc(CC(=O)O)cc3)n3ccnc23)c1NC(=O)OC(C)c1ccccc1Cl. The van der Waals surface area contributed by atoms with E-state index in [1.807, 2.05) is 18.2 Å². The summed E-state index contributed by atoms with van der Waals surface area (Å²) in [6, 6.07) is 14.3. The number of carbonyl (C=O) groups excluding carboxylic acids is 1. The Kier molecular flexibility index (Phi) is 6.80. The van der Waals surface area contributed by atoms with Crippen molar-refractivity contribution >= 4 is 35.0 Å². The van der Waals surface area contributed by atoms with Crippen molar-refractivity contribution < 1.29 is 24.0 Å². The molecule has 5 aromatic rings. The molecule has 192 valence electrons. The minimum atomic E-state index is -0.897. The second kappa shape index (κ2) is 10.3. The number of hydrogen-bond acceptors (Lipinski definition) is 7. The van der Waals surface area contributed by atoms with Gasteiger partial charge in [-0.15, -0.1) is 0 Å². The van der Waals surface area contributed by atoms with E-state index in [9.17, 15) is 9.59 Å². The zero-order valence-corrected chi connectivity index (χ0v) is 21.1. The number of aromatic nitrogens is 4. The van der Waals surface area contributed by atoms with Gasteiger partial charge in [0.2, 0.25) is 0 Å². The Balaban J connectivity index is 1.43. The van der Waals surface area contributed by atoms with Crippen LogP contribution in [0.25, 0.3) is 28.4 Å². The van der Waals surface area contributed by atoms with Crippen molar-refractivity contribution in [3.8, 4) is 22.7 Å². The van der Waals surface area contributed by atoms with Crippen LogP contribution in [0.15, 0.2) is 71.6 Å². The number of aryl methyl sites for hydroxylation is 1. The number of aliphatic carboxylic acids is 1. The van der Waals surface area contributed by atoms with Gasteiger partial charge in [0, 0.05) is 34.7 Å². The fraction of sp³-hybridized carbons (Fsp3) is 0.148.